The molecule has 0 radical (unpaired) electrons. The lowest BCUT2D eigenvalue weighted by molar-refractivity contribution is 0.929. The first-order valence-corrected chi connectivity index (χ1v) is 12.1. The Labute approximate surface area is 188 Å². The first-order valence-electron chi connectivity index (χ1n) is 12.1. The first kappa shape index (κ1) is 18.2. The zero-order chi connectivity index (χ0) is 21.4. The van der Waals surface area contributed by atoms with Crippen LogP contribution in [-0.4, -0.2) is 0 Å². The molecule has 32 heavy (non-hydrogen) atoms. The first-order chi connectivity index (χ1) is 15.8. The van der Waals surface area contributed by atoms with Crippen LogP contribution < -0.4 is 0 Å². The van der Waals surface area contributed by atoms with E-state index in [2.05, 4.69) is 86.6 Å². The van der Waals surface area contributed by atoms with Crippen LogP contribution in [0.4, 0.5) is 0 Å². The lowest BCUT2D eigenvalue weighted by atomic mass is 9.90. The van der Waals surface area contributed by atoms with E-state index in [0.717, 1.165) is 25.7 Å². The Morgan fingerprint density at radius 1 is 0.406 bits per heavy atom. The van der Waals surface area contributed by atoms with Crippen molar-refractivity contribution in [2.24, 2.45) is 0 Å². The fourth-order valence-electron chi connectivity index (χ4n) is 6.56. The fraction of sp³-hybridized carbons (Fsp3) is 0.188. The number of benzene rings is 5. The molecule has 154 valence electrons. The third kappa shape index (κ3) is 2.13. The van der Waals surface area contributed by atoms with Crippen LogP contribution in [0.3, 0.4) is 0 Å². The van der Waals surface area contributed by atoms with Gasteiger partial charge >= 0.3 is 0 Å². The second kappa shape index (κ2) is 6.56. The monoisotopic (exact) mass is 410 g/mol. The van der Waals surface area contributed by atoms with Crippen LogP contribution in [0, 0.1) is 0 Å². The molecule has 0 aliphatic rings. The summed E-state index contributed by atoms with van der Waals surface area (Å²) in [4.78, 5) is 0. The summed E-state index contributed by atoms with van der Waals surface area (Å²) >= 11 is 0. The van der Waals surface area contributed by atoms with E-state index in [4.69, 9.17) is 0 Å². The summed E-state index contributed by atoms with van der Waals surface area (Å²) in [6.07, 6.45) is 4.55. The molecular formula is C32H26. The fourth-order valence-corrected chi connectivity index (χ4v) is 6.56. The molecule has 0 unspecified atom stereocenters. The molecule has 0 heteroatoms. The molecule has 7 aromatic carbocycles. The van der Waals surface area contributed by atoms with Gasteiger partial charge in [-0.1, -0.05) is 99.5 Å². The zero-order valence-electron chi connectivity index (χ0n) is 18.8. The molecule has 0 aliphatic carbocycles. The van der Waals surface area contributed by atoms with Gasteiger partial charge in [-0.15, -0.1) is 0 Å². The lowest BCUT2D eigenvalue weighted by Crippen LogP contribution is -1.93. The van der Waals surface area contributed by atoms with Gasteiger partial charge in [-0.2, -0.15) is 0 Å². The molecule has 7 aromatic rings. The summed E-state index contributed by atoms with van der Waals surface area (Å²) in [6, 6.07) is 27.5. The molecule has 0 nitrogen and oxygen atoms in total. The topological polar surface area (TPSA) is 0 Å². The summed E-state index contributed by atoms with van der Waals surface area (Å²) in [5, 5.41) is 17.5. The van der Waals surface area contributed by atoms with Crippen LogP contribution in [0.5, 0.6) is 0 Å². The molecule has 0 saturated carbocycles. The third-order valence-electron chi connectivity index (χ3n) is 7.59. The van der Waals surface area contributed by atoms with Gasteiger partial charge in [-0.25, -0.2) is 0 Å². The number of hydrogen-bond acceptors (Lipinski definition) is 0. The normalized spacial score (nSPS) is 12.6. The molecule has 0 spiro atoms. The summed E-state index contributed by atoms with van der Waals surface area (Å²) in [5.74, 6) is 0. The van der Waals surface area contributed by atoms with Crippen molar-refractivity contribution >= 4 is 64.6 Å². The van der Waals surface area contributed by atoms with Crippen molar-refractivity contribution in [2.45, 2.75) is 39.5 Å². The van der Waals surface area contributed by atoms with E-state index in [1.807, 2.05) is 0 Å². The number of hydrogen-bond donors (Lipinski definition) is 0. The highest BCUT2D eigenvalue weighted by Gasteiger charge is 2.24. The maximum Gasteiger partial charge on any atom is -0.00262 e. The summed E-state index contributed by atoms with van der Waals surface area (Å²) in [5.41, 5.74) is 3.12. The lowest BCUT2D eigenvalue weighted by Gasteiger charge is -2.14. The quantitative estimate of drug-likeness (QED) is 0.271. The molecule has 0 bridgehead atoms. The molecule has 0 saturated heterocycles. The average Bonchev–Trinajstić information content (AvgIpc) is 3.34. The Morgan fingerprint density at radius 3 is 1.00 bits per heavy atom. The molecule has 0 aliphatic heterocycles. The van der Waals surface area contributed by atoms with Gasteiger partial charge in [0.25, 0.3) is 0 Å². The van der Waals surface area contributed by atoms with E-state index in [1.165, 1.54) is 64.6 Å². The smallest absolute Gasteiger partial charge is 0.00262 e. The minimum Gasteiger partial charge on any atom is -0.0651 e. The van der Waals surface area contributed by atoms with Crippen molar-refractivity contribution in [1.82, 2.24) is 0 Å². The van der Waals surface area contributed by atoms with Crippen molar-refractivity contribution in [3.8, 4) is 0 Å². The predicted octanol–water partition coefficient (Wildman–Crippen LogP) is 9.39. The standard InChI is InChI=1S/C32H26/c1-3-9-21-29-23-15-5-11-19-13-7-17-25(27(19)23)31(29)22(10-4-2)32-26-18-8-14-20-12-6-16-24(28(20)26)30(21)32/h5-8,11-18H,3-4,9-10H2,1-2H3. The van der Waals surface area contributed by atoms with Crippen molar-refractivity contribution in [3.63, 3.8) is 0 Å². The van der Waals surface area contributed by atoms with Crippen LogP contribution >= 0.6 is 0 Å². The van der Waals surface area contributed by atoms with E-state index < -0.39 is 0 Å². The molecular weight excluding hydrogens is 384 g/mol. The van der Waals surface area contributed by atoms with E-state index in [-0.39, 0.29) is 0 Å². The summed E-state index contributed by atoms with van der Waals surface area (Å²) in [7, 11) is 0. The Balaban J connectivity index is 1.90. The van der Waals surface area contributed by atoms with E-state index in [1.54, 1.807) is 11.1 Å². The van der Waals surface area contributed by atoms with Crippen molar-refractivity contribution in [3.05, 3.63) is 83.9 Å². The third-order valence-corrected chi connectivity index (χ3v) is 7.59. The Kier molecular flexibility index (Phi) is 3.73. The predicted molar refractivity (Wildman–Crippen MR) is 142 cm³/mol. The van der Waals surface area contributed by atoms with Gasteiger partial charge in [0.15, 0.2) is 0 Å². The summed E-state index contributed by atoms with van der Waals surface area (Å²) < 4.78 is 0. The number of rotatable bonds is 4. The molecule has 0 amide bonds. The van der Waals surface area contributed by atoms with Crippen molar-refractivity contribution in [1.29, 1.82) is 0 Å². The van der Waals surface area contributed by atoms with E-state index in [0.29, 0.717) is 0 Å². The SMILES string of the molecule is CCCc1c2c3cccc4cccc(c2c(CCC)c2c5cccc6cccc(c12)c65)c43. The molecule has 0 fully saturated rings. The second-order valence-electron chi connectivity index (χ2n) is 9.38. The van der Waals surface area contributed by atoms with Crippen LogP contribution in [0.2, 0.25) is 0 Å². The summed E-state index contributed by atoms with van der Waals surface area (Å²) in [6.45, 7) is 4.65. The van der Waals surface area contributed by atoms with Gasteiger partial charge in [0.2, 0.25) is 0 Å². The van der Waals surface area contributed by atoms with Gasteiger partial charge < -0.3 is 0 Å². The van der Waals surface area contributed by atoms with Gasteiger partial charge in [-0.3, -0.25) is 0 Å². The van der Waals surface area contributed by atoms with Gasteiger partial charge in [0, 0.05) is 0 Å². The Hall–Kier alpha value is -3.38. The van der Waals surface area contributed by atoms with Crippen LogP contribution in [0.1, 0.15) is 37.8 Å². The van der Waals surface area contributed by atoms with Gasteiger partial charge in [-0.05, 0) is 88.6 Å². The van der Waals surface area contributed by atoms with Crippen LogP contribution in [0.25, 0.3) is 64.6 Å². The molecule has 7 rings (SSSR count). The maximum atomic E-state index is 2.36. The highest BCUT2D eigenvalue weighted by Crippen LogP contribution is 2.50. The van der Waals surface area contributed by atoms with Gasteiger partial charge in [0.1, 0.15) is 0 Å². The van der Waals surface area contributed by atoms with Crippen LogP contribution in [-0.2, 0) is 12.8 Å². The van der Waals surface area contributed by atoms with Gasteiger partial charge in [0.05, 0.1) is 0 Å². The average molecular weight is 411 g/mol. The Morgan fingerprint density at radius 2 is 0.719 bits per heavy atom. The molecule has 0 atom stereocenters. The Bertz CT molecular complexity index is 1530. The zero-order valence-corrected chi connectivity index (χ0v) is 18.8. The minimum atomic E-state index is 1.12. The second-order valence-corrected chi connectivity index (χ2v) is 9.38. The van der Waals surface area contributed by atoms with E-state index in [9.17, 15) is 0 Å². The van der Waals surface area contributed by atoms with Crippen LogP contribution in [0.15, 0.2) is 72.8 Å². The molecule has 0 aromatic heterocycles. The van der Waals surface area contributed by atoms with Crippen molar-refractivity contribution < 1.29 is 0 Å². The highest BCUT2D eigenvalue weighted by atomic mass is 14.3. The van der Waals surface area contributed by atoms with E-state index >= 15 is 0 Å². The number of fused-ring (bicyclic) bond motifs is 6. The minimum absolute atomic E-state index is 1.12. The molecule has 0 N–H and O–H groups in total. The van der Waals surface area contributed by atoms with Crippen molar-refractivity contribution in [2.75, 3.05) is 0 Å². The number of aryl methyl sites for hydroxylation is 2. The highest BCUT2D eigenvalue weighted by molar-refractivity contribution is 6.40. The maximum absolute atomic E-state index is 2.36. The largest absolute Gasteiger partial charge is 0.0651 e. The molecule has 0 heterocycles.